The molecule has 0 aromatic carbocycles. The molecule has 39 heteroatoms. The van der Waals surface area contributed by atoms with Crippen molar-refractivity contribution in [1.29, 1.82) is 0 Å². The van der Waals surface area contributed by atoms with Crippen LogP contribution in [-0.2, 0) is 52.6 Å². The van der Waals surface area contributed by atoms with Crippen molar-refractivity contribution in [1.82, 2.24) is 39.0 Å². The third-order valence-electron chi connectivity index (χ3n) is 8.65. The van der Waals surface area contributed by atoms with E-state index < -0.39 is 95.9 Å². The van der Waals surface area contributed by atoms with Crippen LogP contribution in [0.5, 0.6) is 0 Å². The zero-order valence-corrected chi connectivity index (χ0v) is 50.7. The predicted octanol–water partition coefficient (Wildman–Crippen LogP) is -10.3. The SMILES string of the molecule is CNc1nc(SC)nc2c1ncn2[C@@H]1O[C@H](COP(=O)(S)OP(=O)(O)C(Cl)P(=O)(O)OP(O)(=S)OC[C@H]2O[C@@H](n3cnc4c(NC)nc(SC)nc43)[C@H](O)[C@@H]2O)[C@@H](O)[C@H]1O.[Na+].[Na+].[Na+].[Na+]. The fourth-order valence-electron chi connectivity index (χ4n) is 5.83. The summed E-state index contributed by atoms with van der Waals surface area (Å²) < 4.78 is 72.7. The van der Waals surface area contributed by atoms with Gasteiger partial charge in [0, 0.05) is 14.1 Å². The van der Waals surface area contributed by atoms with Gasteiger partial charge in [-0.25, -0.2) is 43.1 Å². The van der Waals surface area contributed by atoms with Crippen LogP contribution in [0.1, 0.15) is 12.5 Å². The van der Waals surface area contributed by atoms with E-state index >= 15 is 0 Å². The van der Waals surface area contributed by atoms with Gasteiger partial charge in [0.15, 0.2) is 56.7 Å². The molecule has 4 aromatic rings. The van der Waals surface area contributed by atoms with Gasteiger partial charge < -0.3 is 59.7 Å². The summed E-state index contributed by atoms with van der Waals surface area (Å²) in [6.07, 6.45) is -6.10. The Morgan fingerprint density at radius 2 is 1.14 bits per heavy atom. The Morgan fingerprint density at radius 1 is 0.750 bits per heavy atom. The number of hydrogen-bond donors (Lipinski definition) is 10. The number of alkyl halides is 1. The van der Waals surface area contributed by atoms with Crippen LogP contribution in [-0.4, -0.2) is 155 Å². The standard InChI is InChI=1S/C25H37ClN10O16P4S4.4Na/c1-27-17-11-19(33-24(31-17)59-3)35(7-29-11)21-15(39)13(37)9(49-21)5-47-55(45,57)51-53(41,42)23(26)54(43,44)52-56(46,58)48-6-10-14(38)16(40)22(50-10)36-8-30-12-18(28-2)32-25(60-4)34-20(12)36;;;;/h7-10,13-16,21-23,37-40H,5-6H2,1-4H3,(H,41,42)(H,43,44)(H,45,57)(H,46,58)(H,27,31,33)(H,28,32,34);;;;/q;4*+1/t9-,10-,13-,14-,15-,16-,21-,22-,23?,55?,56?;;;;/m1..../s1. The van der Waals surface area contributed by atoms with Gasteiger partial charge in [-0.15, -0.1) is 0 Å². The average molecular weight is 1110 g/mol. The van der Waals surface area contributed by atoms with Gasteiger partial charge in [-0.05, 0) is 24.3 Å². The quantitative estimate of drug-likeness (QED) is 0.0110. The fourth-order valence-corrected chi connectivity index (χ4v) is 15.6. The maximum absolute atomic E-state index is 13.1. The number of hydrogen-bond acceptors (Lipinski definition) is 24. The van der Waals surface area contributed by atoms with E-state index in [1.54, 1.807) is 26.6 Å². The van der Waals surface area contributed by atoms with Crippen LogP contribution in [0.4, 0.5) is 11.6 Å². The van der Waals surface area contributed by atoms with Crippen LogP contribution in [0.2, 0.25) is 0 Å². The van der Waals surface area contributed by atoms with Crippen LogP contribution in [0, 0.1) is 0 Å². The van der Waals surface area contributed by atoms with Gasteiger partial charge in [0.05, 0.1) is 25.9 Å². The Balaban J connectivity index is 0.00000352. The molecular formula is C25H37ClN10Na4O16P4S4+4. The van der Waals surface area contributed by atoms with Crippen LogP contribution >= 0.6 is 76.1 Å². The van der Waals surface area contributed by atoms with Gasteiger partial charge >= 0.3 is 147 Å². The number of aromatic nitrogens is 8. The summed E-state index contributed by atoms with van der Waals surface area (Å²) >= 11 is 16.7. The zero-order chi connectivity index (χ0) is 44.1. The van der Waals surface area contributed by atoms with Crippen molar-refractivity contribution in [2.75, 3.05) is 50.5 Å². The second-order valence-corrected chi connectivity index (χ2v) is 25.3. The minimum Gasteiger partial charge on any atom is -0.387 e. The number of fused-ring (bicyclic) bond motifs is 2. The molecule has 13 atom stereocenters. The van der Waals surface area contributed by atoms with Crippen molar-refractivity contribution in [3.63, 3.8) is 0 Å². The van der Waals surface area contributed by atoms with Gasteiger partial charge in [-0.1, -0.05) is 47.4 Å². The Bertz CT molecular complexity index is 2290. The van der Waals surface area contributed by atoms with E-state index in [0.29, 0.717) is 33.0 Å². The molecule has 0 amide bonds. The number of ether oxygens (including phenoxy) is 2. The van der Waals surface area contributed by atoms with Crippen molar-refractivity contribution < 1.29 is 194 Å². The molecule has 0 spiro atoms. The van der Waals surface area contributed by atoms with Gasteiger partial charge in [-0.2, -0.15) is 0 Å². The molecule has 0 saturated carbocycles. The summed E-state index contributed by atoms with van der Waals surface area (Å²) in [6, 6.07) is 0. The van der Waals surface area contributed by atoms with Crippen LogP contribution in [0.25, 0.3) is 22.3 Å². The molecule has 334 valence electrons. The summed E-state index contributed by atoms with van der Waals surface area (Å²) in [5, 5.41) is 49.5. The molecule has 0 radical (unpaired) electrons. The molecule has 64 heavy (non-hydrogen) atoms. The molecule has 2 fully saturated rings. The first-order chi connectivity index (χ1) is 28.1. The number of aliphatic hydroxyl groups excluding tert-OH is 4. The molecule has 2 aliphatic rings. The predicted molar refractivity (Wildman–Crippen MR) is 222 cm³/mol. The van der Waals surface area contributed by atoms with Gasteiger partial charge in [0.2, 0.25) is 4.86 Å². The number of thioether (sulfide) groups is 2. The van der Waals surface area contributed by atoms with Crippen LogP contribution in [0.15, 0.2) is 23.0 Å². The molecule has 9 N–H and O–H groups in total. The largest absolute Gasteiger partial charge is 1.00 e. The summed E-state index contributed by atoms with van der Waals surface area (Å²) in [5.41, 5.74) is 1.09. The second-order valence-electron chi connectivity index (χ2n) is 12.5. The Hall–Kier alpha value is 2.86. The Labute approximate surface area is 476 Å². The fraction of sp³-hybridized carbons (Fsp3) is 0.600. The van der Waals surface area contributed by atoms with E-state index in [-0.39, 0.29) is 130 Å². The molecule has 0 bridgehead atoms. The molecule has 6 rings (SSSR count). The number of imidazole rings is 2. The third-order valence-corrected chi connectivity index (χ3v) is 20.4. The van der Waals surface area contributed by atoms with Gasteiger partial charge in [0.1, 0.15) is 36.6 Å². The van der Waals surface area contributed by atoms with Crippen LogP contribution in [0.3, 0.4) is 0 Å². The normalized spacial score (nSPS) is 27.4. The number of thiol groups is 1. The molecule has 0 aliphatic carbocycles. The summed E-state index contributed by atoms with van der Waals surface area (Å²) in [4.78, 5) is 54.5. The summed E-state index contributed by atoms with van der Waals surface area (Å²) in [6.45, 7) is -11.7. The molecular weight excluding hydrogens is 1080 g/mol. The smallest absolute Gasteiger partial charge is 0.387 e. The van der Waals surface area contributed by atoms with Crippen molar-refractivity contribution in [3.05, 3.63) is 12.7 Å². The molecule has 26 nitrogen and oxygen atoms in total. The number of nitrogens with zero attached hydrogens (tertiary/aromatic N) is 8. The minimum absolute atomic E-state index is 0. The average Bonchev–Trinajstić information content (AvgIpc) is 3.95. The van der Waals surface area contributed by atoms with E-state index in [2.05, 4.69) is 61.4 Å². The molecule has 2 saturated heterocycles. The van der Waals surface area contributed by atoms with Crippen molar-refractivity contribution in [2.45, 2.75) is 64.3 Å². The minimum atomic E-state index is -5.76. The number of aliphatic hydroxyl groups is 4. The van der Waals surface area contributed by atoms with E-state index in [4.69, 9.17) is 41.9 Å². The maximum atomic E-state index is 13.1. The molecule has 2 aliphatic heterocycles. The monoisotopic (exact) mass is 1110 g/mol. The molecule has 6 heterocycles. The van der Waals surface area contributed by atoms with Crippen molar-refractivity contribution >= 4 is 122 Å². The van der Waals surface area contributed by atoms with Crippen LogP contribution < -0.4 is 129 Å². The number of nitrogens with one attached hydrogen (secondary N) is 2. The molecule has 4 aromatic heterocycles. The number of anilines is 2. The first-order valence-corrected chi connectivity index (χ1v) is 28.2. The second kappa shape index (κ2) is 25.7. The van der Waals surface area contributed by atoms with E-state index in [0.717, 1.165) is 0 Å². The maximum Gasteiger partial charge on any atom is 1.00 e. The van der Waals surface area contributed by atoms with Gasteiger partial charge in [0.25, 0.3) is 0 Å². The third kappa shape index (κ3) is 14.1. The Kier molecular flexibility index (Phi) is 25.3. The summed E-state index contributed by atoms with van der Waals surface area (Å²) in [5.74, 6) is 0.750. The topological polar surface area (TPSA) is 359 Å². The van der Waals surface area contributed by atoms with E-state index in [9.17, 15) is 48.8 Å². The number of halogens is 1. The van der Waals surface area contributed by atoms with Crippen molar-refractivity contribution in [2.24, 2.45) is 0 Å². The Morgan fingerprint density at radius 3 is 1.53 bits per heavy atom. The van der Waals surface area contributed by atoms with E-state index in [1.807, 2.05) is 0 Å². The first-order valence-electron chi connectivity index (χ1n) is 16.7. The summed E-state index contributed by atoms with van der Waals surface area (Å²) in [7, 11) is -8.28. The van der Waals surface area contributed by atoms with Crippen molar-refractivity contribution in [3.8, 4) is 0 Å². The van der Waals surface area contributed by atoms with Gasteiger partial charge in [-0.3, -0.25) is 22.8 Å². The number of rotatable bonds is 18. The van der Waals surface area contributed by atoms with E-state index in [1.165, 1.54) is 45.3 Å². The first kappa shape index (κ1) is 63.0. The zero-order valence-electron chi connectivity index (χ0n) is 35.0. The molecule has 5 unspecified atom stereocenters.